The molecule has 106 valence electrons. The summed E-state index contributed by atoms with van der Waals surface area (Å²) in [4.78, 5) is 8.86. The molecule has 0 aliphatic rings. The second kappa shape index (κ2) is 7.24. The minimum atomic E-state index is 0.700. The summed E-state index contributed by atoms with van der Waals surface area (Å²) in [5.41, 5.74) is 0.973. The SMILES string of the molecule is CCCOc1ccc(-c2ncc(Br)c(NCC)n2)cc1. The van der Waals surface area contributed by atoms with Crippen molar-refractivity contribution < 1.29 is 4.74 Å². The van der Waals surface area contributed by atoms with E-state index in [4.69, 9.17) is 4.74 Å². The van der Waals surface area contributed by atoms with E-state index in [-0.39, 0.29) is 0 Å². The Kier molecular flexibility index (Phi) is 5.35. The number of rotatable bonds is 6. The molecule has 0 atom stereocenters. The fourth-order valence-electron chi connectivity index (χ4n) is 1.72. The molecule has 0 aliphatic carbocycles. The fourth-order valence-corrected chi connectivity index (χ4v) is 2.05. The average molecular weight is 336 g/mol. The highest BCUT2D eigenvalue weighted by Gasteiger charge is 2.06. The van der Waals surface area contributed by atoms with Gasteiger partial charge in [0.15, 0.2) is 5.82 Å². The van der Waals surface area contributed by atoms with Crippen molar-refractivity contribution in [3.05, 3.63) is 34.9 Å². The first-order valence-corrected chi connectivity index (χ1v) is 7.53. The molecule has 1 heterocycles. The summed E-state index contributed by atoms with van der Waals surface area (Å²) in [6.45, 7) is 5.68. The van der Waals surface area contributed by atoms with Gasteiger partial charge in [0.2, 0.25) is 0 Å². The zero-order valence-corrected chi connectivity index (χ0v) is 13.3. The third-order valence-corrected chi connectivity index (χ3v) is 3.25. The number of aromatic nitrogens is 2. The Hall–Kier alpha value is -1.62. The number of nitrogens with one attached hydrogen (secondary N) is 1. The van der Waals surface area contributed by atoms with Crippen molar-refractivity contribution in [1.82, 2.24) is 9.97 Å². The maximum absolute atomic E-state index is 5.57. The van der Waals surface area contributed by atoms with Crippen LogP contribution in [0, 0.1) is 0 Å². The minimum absolute atomic E-state index is 0.700. The van der Waals surface area contributed by atoms with Crippen molar-refractivity contribution >= 4 is 21.7 Å². The molecule has 0 saturated carbocycles. The highest BCUT2D eigenvalue weighted by atomic mass is 79.9. The van der Waals surface area contributed by atoms with Gasteiger partial charge in [-0.05, 0) is 53.5 Å². The van der Waals surface area contributed by atoms with Gasteiger partial charge in [-0.1, -0.05) is 6.92 Å². The van der Waals surface area contributed by atoms with Crippen LogP contribution in [0.3, 0.4) is 0 Å². The van der Waals surface area contributed by atoms with Gasteiger partial charge in [0.1, 0.15) is 11.6 Å². The standard InChI is InChI=1S/C15H18BrN3O/c1-3-9-20-12-7-5-11(6-8-12)14-18-10-13(16)15(19-14)17-4-2/h5-8,10H,3-4,9H2,1-2H3,(H,17,18,19). The van der Waals surface area contributed by atoms with Gasteiger partial charge >= 0.3 is 0 Å². The molecule has 0 bridgehead atoms. The van der Waals surface area contributed by atoms with E-state index in [1.807, 2.05) is 31.2 Å². The third-order valence-electron chi connectivity index (χ3n) is 2.67. The smallest absolute Gasteiger partial charge is 0.161 e. The normalized spacial score (nSPS) is 10.3. The number of nitrogens with zero attached hydrogens (tertiary/aromatic N) is 2. The van der Waals surface area contributed by atoms with Gasteiger partial charge in [0.25, 0.3) is 0 Å². The van der Waals surface area contributed by atoms with Crippen LogP contribution in [0.4, 0.5) is 5.82 Å². The average Bonchev–Trinajstić information content (AvgIpc) is 2.48. The van der Waals surface area contributed by atoms with E-state index in [9.17, 15) is 0 Å². The lowest BCUT2D eigenvalue weighted by Gasteiger charge is -2.08. The number of hydrogen-bond acceptors (Lipinski definition) is 4. The number of hydrogen-bond donors (Lipinski definition) is 1. The van der Waals surface area contributed by atoms with Crippen LogP contribution >= 0.6 is 15.9 Å². The second-order valence-electron chi connectivity index (χ2n) is 4.29. The fraction of sp³-hybridized carbons (Fsp3) is 0.333. The second-order valence-corrected chi connectivity index (χ2v) is 5.15. The zero-order valence-electron chi connectivity index (χ0n) is 11.7. The molecular weight excluding hydrogens is 318 g/mol. The summed E-state index contributed by atoms with van der Waals surface area (Å²) in [6, 6.07) is 7.85. The van der Waals surface area contributed by atoms with Crippen molar-refractivity contribution in [2.45, 2.75) is 20.3 Å². The Bertz CT molecular complexity index is 558. The lowest BCUT2D eigenvalue weighted by Crippen LogP contribution is -2.02. The first kappa shape index (κ1) is 14.8. The van der Waals surface area contributed by atoms with Crippen molar-refractivity contribution in [3.63, 3.8) is 0 Å². The molecule has 0 spiro atoms. The van der Waals surface area contributed by atoms with Crippen LogP contribution in [0.2, 0.25) is 0 Å². The van der Waals surface area contributed by atoms with Crippen LogP contribution in [-0.4, -0.2) is 23.1 Å². The van der Waals surface area contributed by atoms with Gasteiger partial charge in [0, 0.05) is 18.3 Å². The maximum Gasteiger partial charge on any atom is 0.161 e. The maximum atomic E-state index is 5.57. The van der Waals surface area contributed by atoms with Crippen molar-refractivity contribution in [1.29, 1.82) is 0 Å². The Morgan fingerprint density at radius 2 is 1.95 bits per heavy atom. The van der Waals surface area contributed by atoms with Crippen molar-refractivity contribution in [3.8, 4) is 17.1 Å². The van der Waals surface area contributed by atoms with Gasteiger partial charge < -0.3 is 10.1 Å². The minimum Gasteiger partial charge on any atom is -0.494 e. The van der Waals surface area contributed by atoms with Gasteiger partial charge in [-0.25, -0.2) is 9.97 Å². The largest absolute Gasteiger partial charge is 0.494 e. The Morgan fingerprint density at radius 3 is 2.60 bits per heavy atom. The van der Waals surface area contributed by atoms with Crippen LogP contribution in [0.5, 0.6) is 5.75 Å². The molecule has 1 aromatic heterocycles. The molecule has 0 radical (unpaired) electrons. The lowest BCUT2D eigenvalue weighted by molar-refractivity contribution is 0.317. The summed E-state index contributed by atoms with van der Waals surface area (Å²) in [6.07, 6.45) is 2.77. The monoisotopic (exact) mass is 335 g/mol. The topological polar surface area (TPSA) is 47.0 Å². The molecule has 2 rings (SSSR count). The van der Waals surface area contributed by atoms with E-state index in [2.05, 4.69) is 38.1 Å². The molecule has 0 fully saturated rings. The Labute approximate surface area is 127 Å². The highest BCUT2D eigenvalue weighted by molar-refractivity contribution is 9.10. The van der Waals surface area contributed by atoms with E-state index >= 15 is 0 Å². The molecule has 2 aromatic rings. The van der Waals surface area contributed by atoms with Crippen LogP contribution < -0.4 is 10.1 Å². The molecule has 4 nitrogen and oxygen atoms in total. The van der Waals surface area contributed by atoms with Crippen LogP contribution in [0.25, 0.3) is 11.4 Å². The van der Waals surface area contributed by atoms with E-state index in [1.165, 1.54) is 0 Å². The number of ether oxygens (including phenoxy) is 1. The lowest BCUT2D eigenvalue weighted by atomic mass is 10.2. The molecule has 0 amide bonds. The van der Waals surface area contributed by atoms with Gasteiger partial charge in [-0.15, -0.1) is 0 Å². The molecule has 0 unspecified atom stereocenters. The molecule has 5 heteroatoms. The number of benzene rings is 1. The van der Waals surface area contributed by atoms with E-state index in [1.54, 1.807) is 6.20 Å². The number of anilines is 1. The van der Waals surface area contributed by atoms with Crippen molar-refractivity contribution in [2.75, 3.05) is 18.5 Å². The zero-order chi connectivity index (χ0) is 14.4. The number of halogens is 1. The Morgan fingerprint density at radius 1 is 1.20 bits per heavy atom. The van der Waals surface area contributed by atoms with Gasteiger partial charge in [-0.3, -0.25) is 0 Å². The van der Waals surface area contributed by atoms with E-state index < -0.39 is 0 Å². The first-order valence-electron chi connectivity index (χ1n) is 6.74. The molecule has 0 aliphatic heterocycles. The van der Waals surface area contributed by atoms with Crippen LogP contribution in [-0.2, 0) is 0 Å². The third kappa shape index (κ3) is 3.70. The molecule has 20 heavy (non-hydrogen) atoms. The van der Waals surface area contributed by atoms with Crippen LogP contribution in [0.15, 0.2) is 34.9 Å². The quantitative estimate of drug-likeness (QED) is 0.862. The summed E-state index contributed by atoms with van der Waals surface area (Å²) < 4.78 is 6.43. The molecule has 1 N–H and O–H groups in total. The summed E-state index contributed by atoms with van der Waals surface area (Å²) in [5, 5.41) is 3.20. The predicted molar refractivity (Wildman–Crippen MR) is 85.1 cm³/mol. The summed E-state index contributed by atoms with van der Waals surface area (Å²) >= 11 is 3.44. The molecule has 0 saturated heterocycles. The van der Waals surface area contributed by atoms with E-state index in [0.717, 1.165) is 41.2 Å². The van der Waals surface area contributed by atoms with Crippen molar-refractivity contribution in [2.24, 2.45) is 0 Å². The highest BCUT2D eigenvalue weighted by Crippen LogP contribution is 2.24. The molecular formula is C15H18BrN3O. The molecule has 1 aromatic carbocycles. The summed E-state index contributed by atoms with van der Waals surface area (Å²) in [5.74, 6) is 2.38. The Balaban J connectivity index is 2.20. The first-order chi connectivity index (χ1) is 9.74. The van der Waals surface area contributed by atoms with Crippen LogP contribution in [0.1, 0.15) is 20.3 Å². The van der Waals surface area contributed by atoms with Gasteiger partial charge in [0.05, 0.1) is 11.1 Å². The summed E-state index contributed by atoms with van der Waals surface area (Å²) in [7, 11) is 0. The van der Waals surface area contributed by atoms with E-state index in [0.29, 0.717) is 5.82 Å². The predicted octanol–water partition coefficient (Wildman–Crippen LogP) is 4.13. The van der Waals surface area contributed by atoms with Gasteiger partial charge in [-0.2, -0.15) is 0 Å².